The van der Waals surface area contributed by atoms with Crippen molar-refractivity contribution in [3.8, 4) is 0 Å². The van der Waals surface area contributed by atoms with Gasteiger partial charge in [-0.05, 0) is 37.3 Å². The molecule has 0 unspecified atom stereocenters. The molecule has 0 saturated carbocycles. The van der Waals surface area contributed by atoms with Crippen molar-refractivity contribution < 1.29 is 14.3 Å². The van der Waals surface area contributed by atoms with Crippen molar-refractivity contribution in [2.24, 2.45) is 7.05 Å². The maximum Gasteiger partial charge on any atom is 0.338 e. The second kappa shape index (κ2) is 7.26. The Balaban J connectivity index is 1.80. The minimum Gasteiger partial charge on any atom is -0.462 e. The summed E-state index contributed by atoms with van der Waals surface area (Å²) in [5, 5.41) is 2.71. The van der Waals surface area contributed by atoms with Gasteiger partial charge >= 0.3 is 11.7 Å². The van der Waals surface area contributed by atoms with Gasteiger partial charge in [0.15, 0.2) is 0 Å². The predicted molar refractivity (Wildman–Crippen MR) is 98.2 cm³/mol. The number of aromatic nitrogens is 2. The first-order valence-electron chi connectivity index (χ1n) is 8.22. The number of hydrogen-bond donors (Lipinski definition) is 1. The highest BCUT2D eigenvalue weighted by Crippen LogP contribution is 2.14. The van der Waals surface area contributed by atoms with Crippen LogP contribution in [0.1, 0.15) is 17.3 Å². The van der Waals surface area contributed by atoms with E-state index in [1.54, 1.807) is 44.3 Å². The van der Waals surface area contributed by atoms with Crippen LogP contribution in [0.15, 0.2) is 53.3 Å². The molecule has 134 valence electrons. The van der Waals surface area contributed by atoms with Gasteiger partial charge in [0.25, 0.3) is 0 Å². The van der Waals surface area contributed by atoms with E-state index < -0.39 is 5.97 Å². The van der Waals surface area contributed by atoms with E-state index in [0.29, 0.717) is 16.8 Å². The molecule has 0 aliphatic carbocycles. The van der Waals surface area contributed by atoms with E-state index >= 15 is 0 Å². The highest BCUT2D eigenvalue weighted by Gasteiger charge is 2.14. The molecule has 1 amide bonds. The summed E-state index contributed by atoms with van der Waals surface area (Å²) in [4.78, 5) is 36.6. The Kier molecular flexibility index (Phi) is 4.88. The minimum atomic E-state index is -0.450. The topological polar surface area (TPSA) is 82.3 Å². The number of benzene rings is 2. The van der Waals surface area contributed by atoms with Crippen LogP contribution in [0.5, 0.6) is 0 Å². The zero-order valence-electron chi connectivity index (χ0n) is 14.6. The fourth-order valence-corrected chi connectivity index (χ4v) is 2.80. The third-order valence-electron chi connectivity index (χ3n) is 4.01. The SMILES string of the molecule is CCOC(=O)c1cccc(NC(=O)Cn2c(=O)n(C)c3ccccc32)c1. The smallest absolute Gasteiger partial charge is 0.338 e. The van der Waals surface area contributed by atoms with Gasteiger partial charge in [0, 0.05) is 12.7 Å². The first-order valence-corrected chi connectivity index (χ1v) is 8.22. The van der Waals surface area contributed by atoms with Crippen molar-refractivity contribution in [1.29, 1.82) is 0 Å². The first-order chi connectivity index (χ1) is 12.5. The summed E-state index contributed by atoms with van der Waals surface area (Å²) < 4.78 is 7.87. The number of nitrogens with one attached hydrogen (secondary N) is 1. The second-order valence-electron chi connectivity index (χ2n) is 5.77. The molecule has 0 atom stereocenters. The average molecular weight is 353 g/mol. The quantitative estimate of drug-likeness (QED) is 0.713. The van der Waals surface area contributed by atoms with Crippen LogP contribution >= 0.6 is 0 Å². The van der Waals surface area contributed by atoms with Crippen molar-refractivity contribution in [2.45, 2.75) is 13.5 Å². The van der Waals surface area contributed by atoms with Gasteiger partial charge in [-0.1, -0.05) is 18.2 Å². The summed E-state index contributed by atoms with van der Waals surface area (Å²) in [6.07, 6.45) is 0. The molecule has 0 saturated heterocycles. The lowest BCUT2D eigenvalue weighted by Crippen LogP contribution is -2.28. The van der Waals surface area contributed by atoms with Gasteiger partial charge in [-0.2, -0.15) is 0 Å². The number of aryl methyl sites for hydroxylation is 1. The standard InChI is InChI=1S/C19H19N3O4/c1-3-26-18(24)13-7-6-8-14(11-13)20-17(23)12-22-16-10-5-4-9-15(16)21(2)19(22)25/h4-11H,3,12H2,1-2H3,(H,20,23). The van der Waals surface area contributed by atoms with Crippen LogP contribution in [-0.4, -0.2) is 27.6 Å². The highest BCUT2D eigenvalue weighted by molar-refractivity contribution is 5.95. The second-order valence-corrected chi connectivity index (χ2v) is 5.77. The largest absolute Gasteiger partial charge is 0.462 e. The molecule has 0 spiro atoms. The predicted octanol–water partition coefficient (Wildman–Crippen LogP) is 2.16. The van der Waals surface area contributed by atoms with Gasteiger partial charge in [-0.25, -0.2) is 9.59 Å². The number of fused-ring (bicyclic) bond motifs is 1. The van der Waals surface area contributed by atoms with Crippen LogP contribution in [0.2, 0.25) is 0 Å². The molecule has 0 aliphatic heterocycles. The highest BCUT2D eigenvalue weighted by atomic mass is 16.5. The van der Waals surface area contributed by atoms with E-state index in [9.17, 15) is 14.4 Å². The number of carbonyl (C=O) groups excluding carboxylic acids is 2. The zero-order valence-corrected chi connectivity index (χ0v) is 14.6. The molecule has 1 N–H and O–H groups in total. The maximum absolute atomic E-state index is 12.4. The lowest BCUT2D eigenvalue weighted by molar-refractivity contribution is -0.116. The van der Waals surface area contributed by atoms with E-state index in [1.807, 2.05) is 18.2 Å². The zero-order chi connectivity index (χ0) is 18.7. The molecule has 7 nitrogen and oxygen atoms in total. The Morgan fingerprint density at radius 2 is 1.81 bits per heavy atom. The summed E-state index contributed by atoms with van der Waals surface area (Å²) in [5.74, 6) is -0.807. The Bertz CT molecular complexity index is 1030. The summed E-state index contributed by atoms with van der Waals surface area (Å²) in [6.45, 7) is 1.88. The van der Waals surface area contributed by atoms with Gasteiger partial charge < -0.3 is 10.1 Å². The van der Waals surface area contributed by atoms with Gasteiger partial charge in [-0.15, -0.1) is 0 Å². The first kappa shape index (κ1) is 17.5. The van der Waals surface area contributed by atoms with Crippen LogP contribution < -0.4 is 11.0 Å². The Hall–Kier alpha value is -3.35. The Labute approximate surface area is 149 Å². The van der Waals surface area contributed by atoms with Crippen molar-refractivity contribution in [2.75, 3.05) is 11.9 Å². The number of ether oxygens (including phenoxy) is 1. The molecular formula is C19H19N3O4. The molecule has 0 fully saturated rings. The number of esters is 1. The molecule has 1 heterocycles. The molecule has 0 bridgehead atoms. The van der Waals surface area contributed by atoms with Crippen molar-refractivity contribution in [3.05, 3.63) is 64.6 Å². The summed E-state index contributed by atoms with van der Waals surface area (Å²) >= 11 is 0. The Morgan fingerprint density at radius 3 is 2.54 bits per heavy atom. The number of para-hydroxylation sites is 2. The number of imidazole rings is 1. The molecule has 26 heavy (non-hydrogen) atoms. The third kappa shape index (κ3) is 3.37. The van der Waals surface area contributed by atoms with Gasteiger partial charge in [0.1, 0.15) is 6.54 Å². The minimum absolute atomic E-state index is 0.121. The molecule has 3 aromatic rings. The molecule has 7 heteroatoms. The van der Waals surface area contributed by atoms with Crippen molar-refractivity contribution >= 4 is 28.6 Å². The van der Waals surface area contributed by atoms with Crippen LogP contribution in [0.4, 0.5) is 5.69 Å². The van der Waals surface area contributed by atoms with E-state index in [1.165, 1.54) is 9.13 Å². The average Bonchev–Trinajstić information content (AvgIpc) is 2.87. The molecule has 2 aromatic carbocycles. The molecule has 1 aromatic heterocycles. The fraction of sp³-hybridized carbons (Fsp3) is 0.211. The normalized spacial score (nSPS) is 10.7. The van der Waals surface area contributed by atoms with Crippen LogP contribution in [0.25, 0.3) is 11.0 Å². The van der Waals surface area contributed by atoms with E-state index in [2.05, 4.69) is 5.32 Å². The lowest BCUT2D eigenvalue weighted by Gasteiger charge is -2.08. The van der Waals surface area contributed by atoms with E-state index in [-0.39, 0.29) is 24.7 Å². The number of nitrogens with zero attached hydrogens (tertiary/aromatic N) is 2. The molecular weight excluding hydrogens is 334 g/mol. The number of amides is 1. The van der Waals surface area contributed by atoms with E-state index in [0.717, 1.165) is 5.52 Å². The van der Waals surface area contributed by atoms with Crippen LogP contribution in [0.3, 0.4) is 0 Å². The van der Waals surface area contributed by atoms with Crippen LogP contribution in [0, 0.1) is 0 Å². The van der Waals surface area contributed by atoms with Crippen molar-refractivity contribution in [3.63, 3.8) is 0 Å². The number of hydrogen-bond acceptors (Lipinski definition) is 4. The molecule has 3 rings (SSSR count). The third-order valence-corrected chi connectivity index (χ3v) is 4.01. The monoisotopic (exact) mass is 353 g/mol. The Morgan fingerprint density at radius 1 is 1.08 bits per heavy atom. The summed E-state index contributed by atoms with van der Waals surface area (Å²) in [7, 11) is 1.67. The number of anilines is 1. The van der Waals surface area contributed by atoms with Crippen molar-refractivity contribution in [1.82, 2.24) is 9.13 Å². The van der Waals surface area contributed by atoms with Gasteiger partial charge in [0.2, 0.25) is 5.91 Å². The van der Waals surface area contributed by atoms with Gasteiger partial charge in [0.05, 0.1) is 23.2 Å². The number of rotatable bonds is 5. The van der Waals surface area contributed by atoms with Gasteiger partial charge in [-0.3, -0.25) is 13.9 Å². The van der Waals surface area contributed by atoms with E-state index in [4.69, 9.17) is 4.74 Å². The lowest BCUT2D eigenvalue weighted by atomic mass is 10.2. The maximum atomic E-state index is 12.4. The summed E-state index contributed by atoms with van der Waals surface area (Å²) in [5.41, 5.74) is 2.01. The van der Waals surface area contributed by atoms with Crippen LogP contribution in [-0.2, 0) is 23.1 Å². The summed E-state index contributed by atoms with van der Waals surface area (Å²) in [6, 6.07) is 13.8. The molecule has 0 radical (unpaired) electrons. The fourth-order valence-electron chi connectivity index (χ4n) is 2.80. The number of carbonyl (C=O) groups is 2. The molecule has 0 aliphatic rings.